The molecule has 0 atom stereocenters. The summed E-state index contributed by atoms with van der Waals surface area (Å²) in [6, 6.07) is 0.401. The number of aromatic nitrogens is 2. The molecule has 0 radical (unpaired) electrons. The number of carboxylic acids is 1. The first-order valence-electron chi connectivity index (χ1n) is 5.54. The van der Waals surface area contributed by atoms with Crippen molar-refractivity contribution in [3.05, 3.63) is 18.2 Å². The van der Waals surface area contributed by atoms with Gasteiger partial charge in [-0.15, -0.1) is 0 Å². The topological polar surface area (TPSA) is 67.2 Å². The molecule has 2 N–H and O–H groups in total. The number of carboxylic acid groups (broad SMARTS) is 1. The molecule has 0 amide bonds. The van der Waals surface area contributed by atoms with E-state index in [2.05, 4.69) is 28.7 Å². The van der Waals surface area contributed by atoms with Gasteiger partial charge in [0.15, 0.2) is 0 Å². The van der Waals surface area contributed by atoms with E-state index < -0.39 is 5.97 Å². The lowest BCUT2D eigenvalue weighted by Crippen LogP contribution is -2.18. The number of aliphatic carboxylic acids is 1. The highest BCUT2D eigenvalue weighted by atomic mass is 16.4. The van der Waals surface area contributed by atoms with E-state index in [0.29, 0.717) is 12.5 Å². The molecule has 0 aliphatic carbocycles. The van der Waals surface area contributed by atoms with Gasteiger partial charge in [-0.05, 0) is 26.8 Å². The first-order valence-corrected chi connectivity index (χ1v) is 5.54. The van der Waals surface area contributed by atoms with Crippen LogP contribution in [0.1, 0.15) is 38.4 Å². The van der Waals surface area contributed by atoms with E-state index >= 15 is 0 Å². The molecule has 16 heavy (non-hydrogen) atoms. The number of imidazole rings is 1. The molecular weight excluding hydrogens is 206 g/mol. The van der Waals surface area contributed by atoms with Crippen molar-refractivity contribution in [3.8, 4) is 0 Å². The molecule has 0 aromatic carbocycles. The maximum Gasteiger partial charge on any atom is 0.303 e. The number of nitrogens with one attached hydrogen (secondary N) is 1. The summed E-state index contributed by atoms with van der Waals surface area (Å²) in [6.45, 7) is 5.67. The van der Waals surface area contributed by atoms with Gasteiger partial charge < -0.3 is 15.0 Å². The second kappa shape index (κ2) is 6.27. The van der Waals surface area contributed by atoms with Crippen LogP contribution in [-0.4, -0.2) is 27.2 Å². The third-order valence-corrected chi connectivity index (χ3v) is 2.35. The molecular formula is C11H19N3O2. The summed E-state index contributed by atoms with van der Waals surface area (Å²) >= 11 is 0. The van der Waals surface area contributed by atoms with Crippen LogP contribution in [0.25, 0.3) is 0 Å². The summed E-state index contributed by atoms with van der Waals surface area (Å²) in [7, 11) is 0. The van der Waals surface area contributed by atoms with Crippen molar-refractivity contribution in [2.75, 3.05) is 6.54 Å². The van der Waals surface area contributed by atoms with Gasteiger partial charge in [0.2, 0.25) is 0 Å². The third-order valence-electron chi connectivity index (χ3n) is 2.35. The van der Waals surface area contributed by atoms with Crippen LogP contribution in [0.5, 0.6) is 0 Å². The van der Waals surface area contributed by atoms with Gasteiger partial charge in [0.1, 0.15) is 0 Å². The fraction of sp³-hybridized carbons (Fsp3) is 0.636. The Labute approximate surface area is 95.5 Å². The number of carbonyl (C=O) groups is 1. The predicted molar refractivity (Wildman–Crippen MR) is 61.2 cm³/mol. The zero-order chi connectivity index (χ0) is 12.0. The lowest BCUT2D eigenvalue weighted by Gasteiger charge is -2.11. The molecule has 1 rings (SSSR count). The molecule has 1 aromatic heterocycles. The van der Waals surface area contributed by atoms with Crippen molar-refractivity contribution in [1.82, 2.24) is 14.9 Å². The standard InChI is InChI=1S/C11H19N3O2/c1-9(2)14-8-13-7-10(14)6-12-5-3-4-11(15)16/h7-9,12H,3-6H2,1-2H3,(H,15,16). The highest BCUT2D eigenvalue weighted by Crippen LogP contribution is 2.08. The molecule has 0 spiro atoms. The van der Waals surface area contributed by atoms with Crippen LogP contribution >= 0.6 is 0 Å². The third kappa shape index (κ3) is 4.02. The van der Waals surface area contributed by atoms with Gasteiger partial charge in [0, 0.05) is 25.2 Å². The zero-order valence-electron chi connectivity index (χ0n) is 9.81. The number of hydrogen-bond donors (Lipinski definition) is 2. The fourth-order valence-electron chi connectivity index (χ4n) is 1.52. The molecule has 0 aliphatic heterocycles. The molecule has 1 heterocycles. The van der Waals surface area contributed by atoms with Gasteiger partial charge in [-0.1, -0.05) is 0 Å². The van der Waals surface area contributed by atoms with Crippen LogP contribution in [0.4, 0.5) is 0 Å². The summed E-state index contributed by atoms with van der Waals surface area (Å²) in [5.41, 5.74) is 1.13. The van der Waals surface area contributed by atoms with Crippen LogP contribution in [-0.2, 0) is 11.3 Å². The van der Waals surface area contributed by atoms with Crippen LogP contribution in [0.2, 0.25) is 0 Å². The summed E-state index contributed by atoms with van der Waals surface area (Å²) in [6.07, 6.45) is 4.53. The van der Waals surface area contributed by atoms with Crippen LogP contribution < -0.4 is 5.32 Å². The van der Waals surface area contributed by atoms with Crippen LogP contribution in [0.15, 0.2) is 12.5 Å². The Morgan fingerprint density at radius 2 is 2.38 bits per heavy atom. The lowest BCUT2D eigenvalue weighted by atomic mass is 10.3. The second-order valence-electron chi connectivity index (χ2n) is 4.06. The first-order chi connectivity index (χ1) is 7.61. The van der Waals surface area contributed by atoms with Gasteiger partial charge in [0.25, 0.3) is 0 Å². The second-order valence-corrected chi connectivity index (χ2v) is 4.06. The Hall–Kier alpha value is -1.36. The number of hydrogen-bond acceptors (Lipinski definition) is 3. The highest BCUT2D eigenvalue weighted by molar-refractivity contribution is 5.66. The van der Waals surface area contributed by atoms with Gasteiger partial charge in [-0.25, -0.2) is 4.98 Å². The summed E-state index contributed by atoms with van der Waals surface area (Å²) < 4.78 is 2.10. The van der Waals surface area contributed by atoms with E-state index in [1.54, 1.807) is 0 Å². The molecule has 0 saturated heterocycles. The minimum Gasteiger partial charge on any atom is -0.481 e. The van der Waals surface area contributed by atoms with E-state index in [0.717, 1.165) is 18.8 Å². The minimum atomic E-state index is -0.742. The maximum absolute atomic E-state index is 10.3. The van der Waals surface area contributed by atoms with Gasteiger partial charge in [0.05, 0.1) is 12.0 Å². The predicted octanol–water partition coefficient (Wildman–Crippen LogP) is 1.42. The molecule has 0 aliphatic rings. The van der Waals surface area contributed by atoms with E-state index in [1.807, 2.05) is 12.5 Å². The molecule has 5 heteroatoms. The molecule has 5 nitrogen and oxygen atoms in total. The SMILES string of the molecule is CC(C)n1cncc1CNCCCC(=O)O. The summed E-state index contributed by atoms with van der Waals surface area (Å²) in [5.74, 6) is -0.742. The molecule has 1 aromatic rings. The van der Waals surface area contributed by atoms with Crippen molar-refractivity contribution in [2.45, 2.75) is 39.3 Å². The van der Waals surface area contributed by atoms with Gasteiger partial charge >= 0.3 is 5.97 Å². The van der Waals surface area contributed by atoms with Crippen LogP contribution in [0, 0.1) is 0 Å². The Morgan fingerprint density at radius 1 is 1.62 bits per heavy atom. The van der Waals surface area contributed by atoms with E-state index in [9.17, 15) is 4.79 Å². The van der Waals surface area contributed by atoms with E-state index in [1.165, 1.54) is 0 Å². The Balaban J connectivity index is 2.26. The monoisotopic (exact) mass is 225 g/mol. The average molecular weight is 225 g/mol. The fourth-order valence-corrected chi connectivity index (χ4v) is 1.52. The summed E-state index contributed by atoms with van der Waals surface area (Å²) in [5, 5.41) is 11.7. The lowest BCUT2D eigenvalue weighted by molar-refractivity contribution is -0.137. The van der Waals surface area contributed by atoms with Crippen molar-refractivity contribution >= 4 is 5.97 Å². The highest BCUT2D eigenvalue weighted by Gasteiger charge is 2.04. The Morgan fingerprint density at radius 3 is 3.00 bits per heavy atom. The molecule has 0 bridgehead atoms. The van der Waals surface area contributed by atoms with E-state index in [-0.39, 0.29) is 6.42 Å². The maximum atomic E-state index is 10.3. The zero-order valence-corrected chi connectivity index (χ0v) is 9.81. The van der Waals surface area contributed by atoms with Crippen LogP contribution in [0.3, 0.4) is 0 Å². The largest absolute Gasteiger partial charge is 0.481 e. The normalized spacial score (nSPS) is 10.9. The number of rotatable bonds is 7. The smallest absolute Gasteiger partial charge is 0.303 e. The molecule has 0 fully saturated rings. The number of nitrogens with zero attached hydrogens (tertiary/aromatic N) is 2. The summed E-state index contributed by atoms with van der Waals surface area (Å²) in [4.78, 5) is 14.4. The van der Waals surface area contributed by atoms with E-state index in [4.69, 9.17) is 5.11 Å². The quantitative estimate of drug-likeness (QED) is 0.689. The average Bonchev–Trinajstić information content (AvgIpc) is 2.65. The van der Waals surface area contributed by atoms with Crippen molar-refractivity contribution < 1.29 is 9.90 Å². The molecule has 90 valence electrons. The van der Waals surface area contributed by atoms with Crippen molar-refractivity contribution in [2.24, 2.45) is 0 Å². The van der Waals surface area contributed by atoms with Gasteiger partial charge in [-0.2, -0.15) is 0 Å². The minimum absolute atomic E-state index is 0.219. The Kier molecular flexibility index (Phi) is 4.98. The van der Waals surface area contributed by atoms with Crippen molar-refractivity contribution in [1.29, 1.82) is 0 Å². The Bertz CT molecular complexity index is 334. The molecule has 0 unspecified atom stereocenters. The first kappa shape index (κ1) is 12.7. The van der Waals surface area contributed by atoms with Gasteiger partial charge in [-0.3, -0.25) is 4.79 Å². The molecule has 0 saturated carbocycles. The van der Waals surface area contributed by atoms with Crippen molar-refractivity contribution in [3.63, 3.8) is 0 Å².